The standard InChI is InChI=1S/C51H32N4O/c1-3-14-34(15-4-1)39-20-7-8-21-40(39)35-28-26-33(27-29-35)37-18-13-19-38(32-37)50-52-49(36-16-5-2-6-17-36)53-51(54-50)55-45-24-11-9-22-41(45)43-30-31-44-42-23-10-12-25-46(42)56-48(44)47(43)55/h1-32H. The topological polar surface area (TPSA) is 56.7 Å². The fraction of sp³-hybridized carbons (Fsp3) is 0. The minimum Gasteiger partial charge on any atom is -0.454 e. The number of fused-ring (bicyclic) bond motifs is 7. The van der Waals surface area contributed by atoms with Crippen molar-refractivity contribution in [2.45, 2.75) is 0 Å². The van der Waals surface area contributed by atoms with Crippen LogP contribution < -0.4 is 0 Å². The van der Waals surface area contributed by atoms with Crippen LogP contribution in [-0.4, -0.2) is 19.5 Å². The number of hydrogen-bond donors (Lipinski definition) is 0. The van der Waals surface area contributed by atoms with E-state index in [0.717, 1.165) is 66.0 Å². The van der Waals surface area contributed by atoms with Gasteiger partial charge in [0.1, 0.15) is 11.1 Å². The van der Waals surface area contributed by atoms with Crippen LogP contribution in [0.3, 0.4) is 0 Å². The van der Waals surface area contributed by atoms with Gasteiger partial charge in [-0.15, -0.1) is 0 Å². The van der Waals surface area contributed by atoms with Gasteiger partial charge in [-0.05, 0) is 57.6 Å². The molecule has 56 heavy (non-hydrogen) atoms. The summed E-state index contributed by atoms with van der Waals surface area (Å²) in [6.07, 6.45) is 0. The van der Waals surface area contributed by atoms with Gasteiger partial charge in [-0.3, -0.25) is 4.57 Å². The maximum atomic E-state index is 6.63. The lowest BCUT2D eigenvalue weighted by molar-refractivity contribution is 0.670. The first-order valence-corrected chi connectivity index (χ1v) is 18.8. The molecular weight excluding hydrogens is 685 g/mol. The Kier molecular flexibility index (Phi) is 7.42. The van der Waals surface area contributed by atoms with E-state index in [2.05, 4.69) is 156 Å². The Balaban J connectivity index is 1.07. The molecule has 11 aromatic rings. The first-order chi connectivity index (χ1) is 27.8. The summed E-state index contributed by atoms with van der Waals surface area (Å²) in [4.78, 5) is 15.5. The van der Waals surface area contributed by atoms with Crippen molar-refractivity contribution in [3.63, 3.8) is 0 Å². The molecule has 262 valence electrons. The molecule has 5 heteroatoms. The van der Waals surface area contributed by atoms with Gasteiger partial charge in [-0.2, -0.15) is 9.97 Å². The molecule has 0 amide bonds. The summed E-state index contributed by atoms with van der Waals surface area (Å²) in [5.41, 5.74) is 12.4. The monoisotopic (exact) mass is 716 g/mol. The van der Waals surface area contributed by atoms with Crippen LogP contribution in [0.5, 0.6) is 0 Å². The van der Waals surface area contributed by atoms with E-state index in [-0.39, 0.29) is 0 Å². The first-order valence-electron chi connectivity index (χ1n) is 18.8. The van der Waals surface area contributed by atoms with Gasteiger partial charge >= 0.3 is 0 Å². The predicted molar refractivity (Wildman–Crippen MR) is 229 cm³/mol. The van der Waals surface area contributed by atoms with Crippen LogP contribution in [0, 0.1) is 0 Å². The van der Waals surface area contributed by atoms with Crippen molar-refractivity contribution in [1.29, 1.82) is 0 Å². The van der Waals surface area contributed by atoms with Crippen molar-refractivity contribution in [2.24, 2.45) is 0 Å². The van der Waals surface area contributed by atoms with Crippen molar-refractivity contribution in [1.82, 2.24) is 19.5 Å². The quantitative estimate of drug-likeness (QED) is 0.172. The molecule has 0 aliphatic heterocycles. The zero-order valence-corrected chi connectivity index (χ0v) is 30.2. The molecule has 0 aliphatic carbocycles. The lowest BCUT2D eigenvalue weighted by Gasteiger charge is -2.12. The number of aromatic nitrogens is 4. The van der Waals surface area contributed by atoms with E-state index in [0.29, 0.717) is 17.6 Å². The van der Waals surface area contributed by atoms with E-state index < -0.39 is 0 Å². The average Bonchev–Trinajstić information content (AvgIpc) is 3.83. The molecule has 3 heterocycles. The minimum absolute atomic E-state index is 0.528. The maximum Gasteiger partial charge on any atom is 0.238 e. The van der Waals surface area contributed by atoms with Crippen LogP contribution in [0.1, 0.15) is 0 Å². The van der Waals surface area contributed by atoms with Gasteiger partial charge in [0.2, 0.25) is 5.95 Å². The van der Waals surface area contributed by atoms with Crippen LogP contribution in [0.15, 0.2) is 199 Å². The van der Waals surface area contributed by atoms with E-state index in [1.165, 1.54) is 22.3 Å². The van der Waals surface area contributed by atoms with Crippen molar-refractivity contribution in [3.8, 4) is 62.1 Å². The minimum atomic E-state index is 0.528. The summed E-state index contributed by atoms with van der Waals surface area (Å²) in [6, 6.07) is 67.5. The molecule has 11 rings (SSSR count). The van der Waals surface area contributed by atoms with Gasteiger partial charge in [-0.25, -0.2) is 4.98 Å². The number of hydrogen-bond acceptors (Lipinski definition) is 4. The lowest BCUT2D eigenvalue weighted by Crippen LogP contribution is -2.06. The molecular formula is C51H32N4O. The zero-order valence-electron chi connectivity index (χ0n) is 30.2. The number of benzene rings is 8. The van der Waals surface area contributed by atoms with Crippen LogP contribution >= 0.6 is 0 Å². The van der Waals surface area contributed by atoms with Crippen molar-refractivity contribution >= 4 is 43.7 Å². The molecule has 0 saturated heterocycles. The number of rotatable bonds is 6. The Morgan fingerprint density at radius 1 is 0.357 bits per heavy atom. The van der Waals surface area contributed by atoms with E-state index in [9.17, 15) is 0 Å². The highest BCUT2D eigenvalue weighted by molar-refractivity contribution is 6.21. The second-order valence-electron chi connectivity index (χ2n) is 14.0. The molecule has 0 N–H and O–H groups in total. The van der Waals surface area contributed by atoms with Gasteiger partial charge in [0.15, 0.2) is 17.2 Å². The highest BCUT2D eigenvalue weighted by atomic mass is 16.3. The van der Waals surface area contributed by atoms with Crippen LogP contribution in [0.25, 0.3) is 106 Å². The van der Waals surface area contributed by atoms with Crippen LogP contribution in [0.4, 0.5) is 0 Å². The second kappa shape index (κ2) is 13.0. The second-order valence-corrected chi connectivity index (χ2v) is 14.0. The van der Waals surface area contributed by atoms with Crippen molar-refractivity contribution in [3.05, 3.63) is 194 Å². The van der Waals surface area contributed by atoms with E-state index in [1.807, 2.05) is 42.5 Å². The van der Waals surface area contributed by atoms with E-state index >= 15 is 0 Å². The molecule has 0 saturated carbocycles. The van der Waals surface area contributed by atoms with Crippen molar-refractivity contribution in [2.75, 3.05) is 0 Å². The molecule has 5 nitrogen and oxygen atoms in total. The van der Waals surface area contributed by atoms with Crippen molar-refractivity contribution < 1.29 is 4.42 Å². The Bertz CT molecular complexity index is 3240. The number of para-hydroxylation sites is 2. The SMILES string of the molecule is c1ccc(-c2nc(-c3cccc(-c4ccc(-c5ccccc5-c5ccccc5)cc4)c3)nc(-n3c4ccccc4c4ccc5c6ccccc6oc5c43)n2)cc1. The summed E-state index contributed by atoms with van der Waals surface area (Å²) in [5.74, 6) is 1.71. The summed E-state index contributed by atoms with van der Waals surface area (Å²) >= 11 is 0. The van der Waals surface area contributed by atoms with E-state index in [4.69, 9.17) is 19.4 Å². The average molecular weight is 717 g/mol. The normalized spacial score (nSPS) is 11.6. The molecule has 0 unspecified atom stereocenters. The summed E-state index contributed by atoms with van der Waals surface area (Å²) in [7, 11) is 0. The smallest absolute Gasteiger partial charge is 0.238 e. The predicted octanol–water partition coefficient (Wildman–Crippen LogP) is 13.2. The van der Waals surface area contributed by atoms with Gasteiger partial charge in [0, 0.05) is 32.7 Å². The Labute approximate surface area is 322 Å². The van der Waals surface area contributed by atoms with Crippen LogP contribution in [0.2, 0.25) is 0 Å². The Hall–Kier alpha value is -7.63. The highest BCUT2D eigenvalue weighted by Gasteiger charge is 2.22. The number of nitrogens with zero attached hydrogens (tertiary/aromatic N) is 4. The molecule has 0 aliphatic rings. The summed E-state index contributed by atoms with van der Waals surface area (Å²) < 4.78 is 8.77. The van der Waals surface area contributed by atoms with Crippen LogP contribution in [-0.2, 0) is 0 Å². The molecule has 0 bridgehead atoms. The first kappa shape index (κ1) is 31.9. The third-order valence-corrected chi connectivity index (χ3v) is 10.7. The fourth-order valence-electron chi connectivity index (χ4n) is 8.03. The molecule has 3 aromatic heterocycles. The maximum absolute atomic E-state index is 6.63. The van der Waals surface area contributed by atoms with Gasteiger partial charge < -0.3 is 4.42 Å². The Morgan fingerprint density at radius 2 is 0.911 bits per heavy atom. The molecule has 0 spiro atoms. The zero-order chi connectivity index (χ0) is 37.0. The third kappa shape index (κ3) is 5.29. The number of furan rings is 1. The fourth-order valence-corrected chi connectivity index (χ4v) is 8.03. The highest BCUT2D eigenvalue weighted by Crippen LogP contribution is 2.40. The lowest BCUT2D eigenvalue weighted by atomic mass is 9.93. The summed E-state index contributed by atoms with van der Waals surface area (Å²) in [5, 5.41) is 4.31. The van der Waals surface area contributed by atoms with Gasteiger partial charge in [-0.1, -0.05) is 170 Å². The molecule has 0 fully saturated rings. The molecule has 0 radical (unpaired) electrons. The van der Waals surface area contributed by atoms with Gasteiger partial charge in [0.25, 0.3) is 0 Å². The molecule has 0 atom stereocenters. The third-order valence-electron chi connectivity index (χ3n) is 10.7. The van der Waals surface area contributed by atoms with E-state index in [1.54, 1.807) is 0 Å². The molecule has 8 aromatic carbocycles. The summed E-state index contributed by atoms with van der Waals surface area (Å²) in [6.45, 7) is 0. The Morgan fingerprint density at radius 3 is 1.68 bits per heavy atom. The van der Waals surface area contributed by atoms with Gasteiger partial charge in [0.05, 0.1) is 5.52 Å². The largest absolute Gasteiger partial charge is 0.454 e.